The van der Waals surface area contributed by atoms with Crippen molar-refractivity contribution in [2.24, 2.45) is 0 Å². The molecule has 0 spiro atoms. The Labute approximate surface area is 140 Å². The van der Waals surface area contributed by atoms with Gasteiger partial charge >= 0.3 is 0 Å². The van der Waals surface area contributed by atoms with Crippen molar-refractivity contribution in [3.8, 4) is 5.75 Å². The van der Waals surface area contributed by atoms with Gasteiger partial charge in [-0.25, -0.2) is 5.10 Å². The van der Waals surface area contributed by atoms with Crippen LogP contribution in [0.1, 0.15) is 29.7 Å². The molecule has 1 saturated heterocycles. The fourth-order valence-corrected chi connectivity index (χ4v) is 3.39. The number of hydrogen-bond donors (Lipinski definition) is 2. The van der Waals surface area contributed by atoms with E-state index in [1.165, 1.54) is 0 Å². The first kappa shape index (κ1) is 15.1. The summed E-state index contributed by atoms with van der Waals surface area (Å²) in [6.45, 7) is 5.18. The fraction of sp³-hybridized carbons (Fsp3) is 0.471. The fourth-order valence-electron chi connectivity index (χ4n) is 3.39. The molecule has 24 heavy (non-hydrogen) atoms. The minimum Gasteiger partial charge on any atom is -0.490 e. The number of fused-ring (bicyclic) bond motifs is 1. The van der Waals surface area contributed by atoms with E-state index >= 15 is 0 Å². The molecule has 2 aromatic rings. The topological polar surface area (TPSA) is 83.1 Å². The van der Waals surface area contributed by atoms with Gasteiger partial charge in [-0.15, -0.1) is 0 Å². The first-order chi connectivity index (χ1) is 11.7. The summed E-state index contributed by atoms with van der Waals surface area (Å²) in [7, 11) is 0. The summed E-state index contributed by atoms with van der Waals surface area (Å²) in [5, 5.41) is 9.76. The van der Waals surface area contributed by atoms with Gasteiger partial charge in [0.1, 0.15) is 11.9 Å². The highest BCUT2D eigenvalue weighted by atomic mass is 16.5. The van der Waals surface area contributed by atoms with E-state index < -0.39 is 0 Å². The molecular weight excluding hydrogens is 306 g/mol. The van der Waals surface area contributed by atoms with Crippen LogP contribution in [0.3, 0.4) is 0 Å². The molecule has 0 unspecified atom stereocenters. The van der Waals surface area contributed by atoms with E-state index in [1.54, 1.807) is 6.20 Å². The Hall–Kier alpha value is -2.41. The summed E-state index contributed by atoms with van der Waals surface area (Å²) < 4.78 is 6.25. The second-order valence-electron chi connectivity index (χ2n) is 6.37. The highest BCUT2D eigenvalue weighted by Crippen LogP contribution is 2.33. The molecule has 4 heterocycles. The quantitative estimate of drug-likeness (QED) is 0.879. The Bertz CT molecular complexity index is 798. The third kappa shape index (κ3) is 2.75. The van der Waals surface area contributed by atoms with Crippen LogP contribution in [0.15, 0.2) is 23.3 Å². The molecule has 0 amide bonds. The van der Waals surface area contributed by atoms with Crippen LogP contribution in [-0.4, -0.2) is 34.4 Å². The van der Waals surface area contributed by atoms with Crippen molar-refractivity contribution in [1.82, 2.24) is 20.5 Å². The summed E-state index contributed by atoms with van der Waals surface area (Å²) in [6, 6.07) is 1.95. The second-order valence-corrected chi connectivity index (χ2v) is 6.37. The van der Waals surface area contributed by atoms with Gasteiger partial charge in [-0.05, 0) is 38.9 Å². The van der Waals surface area contributed by atoms with Crippen LogP contribution in [0.4, 0.5) is 5.69 Å². The van der Waals surface area contributed by atoms with Gasteiger partial charge in [-0.2, -0.15) is 5.10 Å². The summed E-state index contributed by atoms with van der Waals surface area (Å²) in [5.74, 6) is 0.921. The van der Waals surface area contributed by atoms with Gasteiger partial charge in [0.05, 0.1) is 24.1 Å². The first-order valence-corrected chi connectivity index (χ1v) is 8.36. The molecule has 0 saturated carbocycles. The van der Waals surface area contributed by atoms with Crippen molar-refractivity contribution in [3.63, 3.8) is 0 Å². The van der Waals surface area contributed by atoms with Crippen LogP contribution in [0, 0.1) is 6.92 Å². The lowest BCUT2D eigenvalue weighted by molar-refractivity contribution is 0.161. The number of nitrogens with one attached hydrogen (secondary N) is 2. The maximum absolute atomic E-state index is 11.8. The summed E-state index contributed by atoms with van der Waals surface area (Å²) in [5.41, 5.74) is 3.52. The first-order valence-electron chi connectivity index (χ1n) is 8.36. The number of aromatic nitrogens is 3. The molecule has 2 aliphatic rings. The Kier molecular flexibility index (Phi) is 3.93. The highest BCUT2D eigenvalue weighted by molar-refractivity contribution is 5.55. The van der Waals surface area contributed by atoms with E-state index in [2.05, 4.69) is 25.4 Å². The van der Waals surface area contributed by atoms with E-state index in [1.807, 2.05) is 19.2 Å². The molecule has 7 nitrogen and oxygen atoms in total. The number of hydrogen-bond acceptors (Lipinski definition) is 6. The van der Waals surface area contributed by atoms with Crippen molar-refractivity contribution in [3.05, 3.63) is 45.6 Å². The zero-order valence-corrected chi connectivity index (χ0v) is 13.7. The van der Waals surface area contributed by atoms with E-state index in [4.69, 9.17) is 4.74 Å². The van der Waals surface area contributed by atoms with Gasteiger partial charge in [-0.1, -0.05) is 0 Å². The molecule has 0 atom stereocenters. The standard InChI is InChI=1S/C17H21N5O2/c1-11-15(8-20-21-17(11)23)22-9-13-14(10-22)19-7-4-16(13)24-12-2-5-18-6-3-12/h4,7-8,12,18H,2-3,5-6,9-10H2,1H3,(H,21,23). The van der Waals surface area contributed by atoms with Gasteiger partial charge in [0.15, 0.2) is 0 Å². The van der Waals surface area contributed by atoms with E-state index in [9.17, 15) is 4.79 Å². The van der Waals surface area contributed by atoms with Crippen molar-refractivity contribution in [2.45, 2.75) is 39.0 Å². The molecular formula is C17H21N5O2. The normalized spacial score (nSPS) is 17.8. The predicted octanol–water partition coefficient (Wildman–Crippen LogP) is 1.12. The van der Waals surface area contributed by atoms with Crippen molar-refractivity contribution in [1.29, 1.82) is 0 Å². The van der Waals surface area contributed by atoms with Gasteiger partial charge in [0.2, 0.25) is 0 Å². The minimum atomic E-state index is -0.150. The maximum Gasteiger partial charge on any atom is 0.269 e. The molecule has 0 aliphatic carbocycles. The lowest BCUT2D eigenvalue weighted by Gasteiger charge is -2.25. The highest BCUT2D eigenvalue weighted by Gasteiger charge is 2.27. The van der Waals surface area contributed by atoms with E-state index in [0.717, 1.165) is 48.6 Å². The number of piperidine rings is 1. The molecule has 0 aromatic carbocycles. The Balaban J connectivity index is 1.59. The average molecular weight is 327 g/mol. The third-order valence-electron chi connectivity index (χ3n) is 4.79. The van der Waals surface area contributed by atoms with Gasteiger partial charge in [0, 0.05) is 23.9 Å². The van der Waals surface area contributed by atoms with Crippen LogP contribution < -0.4 is 20.5 Å². The zero-order chi connectivity index (χ0) is 16.5. The average Bonchev–Trinajstić information content (AvgIpc) is 3.03. The van der Waals surface area contributed by atoms with Crippen molar-refractivity contribution in [2.75, 3.05) is 18.0 Å². The molecule has 4 rings (SSSR count). The Morgan fingerprint density at radius 2 is 2.12 bits per heavy atom. The SMILES string of the molecule is Cc1c(N2Cc3nccc(OC4CCNCC4)c3C2)cn[nH]c1=O. The molecule has 7 heteroatoms. The Morgan fingerprint density at radius 1 is 1.29 bits per heavy atom. The lowest BCUT2D eigenvalue weighted by atomic mass is 10.1. The number of pyridine rings is 1. The molecule has 2 N–H and O–H groups in total. The summed E-state index contributed by atoms with van der Waals surface area (Å²) in [6.07, 6.45) is 5.82. The molecule has 0 bridgehead atoms. The number of nitrogens with zero attached hydrogens (tertiary/aromatic N) is 3. The number of H-pyrrole nitrogens is 1. The lowest BCUT2D eigenvalue weighted by Crippen LogP contribution is -2.34. The number of rotatable bonds is 3. The molecule has 1 fully saturated rings. The summed E-state index contributed by atoms with van der Waals surface area (Å²) >= 11 is 0. The Morgan fingerprint density at radius 3 is 2.96 bits per heavy atom. The number of anilines is 1. The molecule has 126 valence electrons. The van der Waals surface area contributed by atoms with Crippen LogP contribution in [-0.2, 0) is 13.1 Å². The van der Waals surface area contributed by atoms with Crippen LogP contribution >= 0.6 is 0 Å². The predicted molar refractivity (Wildman–Crippen MR) is 90.2 cm³/mol. The van der Waals surface area contributed by atoms with Crippen LogP contribution in [0.5, 0.6) is 5.75 Å². The smallest absolute Gasteiger partial charge is 0.269 e. The van der Waals surface area contributed by atoms with Crippen molar-refractivity contribution < 1.29 is 4.74 Å². The van der Waals surface area contributed by atoms with Gasteiger partial charge in [0.25, 0.3) is 5.56 Å². The van der Waals surface area contributed by atoms with Gasteiger partial charge < -0.3 is 15.0 Å². The second kappa shape index (κ2) is 6.24. The monoisotopic (exact) mass is 327 g/mol. The largest absolute Gasteiger partial charge is 0.490 e. The van der Waals surface area contributed by atoms with Crippen LogP contribution in [0.25, 0.3) is 0 Å². The number of ether oxygens (including phenoxy) is 1. The zero-order valence-electron chi connectivity index (χ0n) is 13.7. The number of aromatic amines is 1. The van der Waals surface area contributed by atoms with Crippen molar-refractivity contribution >= 4 is 5.69 Å². The maximum atomic E-state index is 11.8. The minimum absolute atomic E-state index is 0.150. The molecule has 2 aromatic heterocycles. The third-order valence-corrected chi connectivity index (χ3v) is 4.79. The van der Waals surface area contributed by atoms with Crippen LogP contribution in [0.2, 0.25) is 0 Å². The molecule has 2 aliphatic heterocycles. The van der Waals surface area contributed by atoms with Gasteiger partial charge in [-0.3, -0.25) is 9.78 Å². The molecule has 0 radical (unpaired) electrons. The van der Waals surface area contributed by atoms with E-state index in [-0.39, 0.29) is 11.7 Å². The van der Waals surface area contributed by atoms with E-state index in [0.29, 0.717) is 18.7 Å². The summed E-state index contributed by atoms with van der Waals surface area (Å²) in [4.78, 5) is 18.4.